The molecule has 1 fully saturated rings. The molecule has 1 atom stereocenters. The third-order valence-corrected chi connectivity index (χ3v) is 2.16. The molecule has 1 saturated heterocycles. The molecule has 5 heteroatoms. The molecule has 1 unspecified atom stereocenters. The maximum absolute atomic E-state index is 8.93. The molecule has 0 amide bonds. The lowest BCUT2D eigenvalue weighted by Crippen LogP contribution is -2.49. The van der Waals surface area contributed by atoms with Crippen molar-refractivity contribution in [1.29, 1.82) is 0 Å². The molecule has 0 radical (unpaired) electrons. The van der Waals surface area contributed by atoms with Gasteiger partial charge in [0.2, 0.25) is 0 Å². The van der Waals surface area contributed by atoms with Crippen LogP contribution in [0.15, 0.2) is 4.99 Å². The Morgan fingerprint density at radius 1 is 1.71 bits per heavy atom. The largest absolute Gasteiger partial charge is 0.394 e. The van der Waals surface area contributed by atoms with Crippen LogP contribution in [0.4, 0.5) is 0 Å². The summed E-state index contributed by atoms with van der Waals surface area (Å²) in [6, 6.07) is 0. The SMILES string of the molecule is CCCN=C(N)N1CCOC(CO)C1. The van der Waals surface area contributed by atoms with E-state index in [0.29, 0.717) is 19.1 Å². The van der Waals surface area contributed by atoms with E-state index < -0.39 is 0 Å². The first-order valence-corrected chi connectivity index (χ1v) is 5.05. The zero-order valence-corrected chi connectivity index (χ0v) is 8.65. The van der Waals surface area contributed by atoms with Crippen LogP contribution in [-0.4, -0.2) is 54.9 Å². The Morgan fingerprint density at radius 3 is 3.14 bits per heavy atom. The van der Waals surface area contributed by atoms with Gasteiger partial charge in [-0.25, -0.2) is 0 Å². The molecule has 0 aromatic carbocycles. The number of rotatable bonds is 3. The number of hydrogen-bond donors (Lipinski definition) is 2. The maximum atomic E-state index is 8.93. The Kier molecular flexibility index (Phi) is 4.69. The van der Waals surface area contributed by atoms with Gasteiger partial charge in [0.25, 0.3) is 0 Å². The molecule has 0 bridgehead atoms. The quantitative estimate of drug-likeness (QED) is 0.472. The molecule has 82 valence electrons. The second kappa shape index (κ2) is 5.82. The van der Waals surface area contributed by atoms with Gasteiger partial charge in [0, 0.05) is 19.6 Å². The lowest BCUT2D eigenvalue weighted by molar-refractivity contribution is -0.0344. The van der Waals surface area contributed by atoms with Crippen LogP contribution >= 0.6 is 0 Å². The van der Waals surface area contributed by atoms with Crippen molar-refractivity contribution in [3.05, 3.63) is 0 Å². The van der Waals surface area contributed by atoms with Gasteiger partial charge in [-0.2, -0.15) is 0 Å². The number of aliphatic hydroxyl groups excluding tert-OH is 1. The van der Waals surface area contributed by atoms with E-state index in [1.807, 2.05) is 4.90 Å². The highest BCUT2D eigenvalue weighted by Gasteiger charge is 2.20. The second-order valence-corrected chi connectivity index (χ2v) is 3.36. The van der Waals surface area contributed by atoms with Crippen LogP contribution in [0.5, 0.6) is 0 Å². The zero-order chi connectivity index (χ0) is 10.4. The van der Waals surface area contributed by atoms with E-state index in [1.165, 1.54) is 0 Å². The fourth-order valence-electron chi connectivity index (χ4n) is 1.36. The van der Waals surface area contributed by atoms with Crippen molar-refractivity contribution in [3.8, 4) is 0 Å². The first-order chi connectivity index (χ1) is 6.77. The van der Waals surface area contributed by atoms with Gasteiger partial charge in [-0.3, -0.25) is 4.99 Å². The standard InChI is InChI=1S/C9H19N3O2/c1-2-3-11-9(10)12-4-5-14-8(6-12)7-13/h8,13H,2-7H2,1H3,(H2,10,11). The number of aliphatic imine (C=N–C) groups is 1. The molecule has 0 aliphatic carbocycles. The molecule has 1 rings (SSSR count). The van der Waals surface area contributed by atoms with Gasteiger partial charge in [-0.1, -0.05) is 6.92 Å². The molecular formula is C9H19N3O2. The van der Waals surface area contributed by atoms with Crippen LogP contribution < -0.4 is 5.73 Å². The Morgan fingerprint density at radius 2 is 2.50 bits per heavy atom. The van der Waals surface area contributed by atoms with Gasteiger partial charge in [0.1, 0.15) is 0 Å². The van der Waals surface area contributed by atoms with Crippen LogP contribution in [-0.2, 0) is 4.74 Å². The van der Waals surface area contributed by atoms with E-state index in [4.69, 9.17) is 15.6 Å². The fraction of sp³-hybridized carbons (Fsp3) is 0.889. The van der Waals surface area contributed by atoms with Gasteiger partial charge < -0.3 is 20.5 Å². The minimum atomic E-state index is -0.126. The normalized spacial score (nSPS) is 24.0. The van der Waals surface area contributed by atoms with Crippen LogP contribution in [0.25, 0.3) is 0 Å². The fourth-order valence-corrected chi connectivity index (χ4v) is 1.36. The molecule has 0 saturated carbocycles. The first-order valence-electron chi connectivity index (χ1n) is 5.05. The third kappa shape index (κ3) is 3.16. The first kappa shape index (κ1) is 11.3. The van der Waals surface area contributed by atoms with E-state index in [1.54, 1.807) is 0 Å². The predicted octanol–water partition coefficient (Wildman–Crippen LogP) is -0.596. The van der Waals surface area contributed by atoms with Crippen LogP contribution in [0.3, 0.4) is 0 Å². The zero-order valence-electron chi connectivity index (χ0n) is 8.65. The molecule has 5 nitrogen and oxygen atoms in total. The molecule has 0 aromatic heterocycles. The van der Waals surface area contributed by atoms with Gasteiger partial charge in [-0.15, -0.1) is 0 Å². The summed E-state index contributed by atoms with van der Waals surface area (Å²) in [6.07, 6.45) is 0.869. The highest BCUT2D eigenvalue weighted by atomic mass is 16.5. The van der Waals surface area contributed by atoms with Crippen molar-refractivity contribution in [1.82, 2.24) is 4.90 Å². The van der Waals surface area contributed by atoms with Crippen LogP contribution in [0, 0.1) is 0 Å². The van der Waals surface area contributed by atoms with Gasteiger partial charge >= 0.3 is 0 Å². The van der Waals surface area contributed by atoms with Crippen molar-refractivity contribution >= 4 is 5.96 Å². The van der Waals surface area contributed by atoms with Crippen molar-refractivity contribution in [3.63, 3.8) is 0 Å². The number of ether oxygens (including phenoxy) is 1. The van der Waals surface area contributed by atoms with Crippen LogP contribution in [0.1, 0.15) is 13.3 Å². The summed E-state index contributed by atoms with van der Waals surface area (Å²) in [6.45, 7) is 4.86. The number of guanidine groups is 1. The molecule has 1 aliphatic rings. The lowest BCUT2D eigenvalue weighted by Gasteiger charge is -2.32. The lowest BCUT2D eigenvalue weighted by atomic mass is 10.3. The molecule has 1 aliphatic heterocycles. The van der Waals surface area contributed by atoms with Gasteiger partial charge in [-0.05, 0) is 6.42 Å². The summed E-state index contributed by atoms with van der Waals surface area (Å²) in [5.41, 5.74) is 5.79. The Balaban J connectivity index is 2.42. The summed E-state index contributed by atoms with van der Waals surface area (Å²) in [7, 11) is 0. The Labute approximate surface area is 84.6 Å². The minimum absolute atomic E-state index is 0.0392. The third-order valence-electron chi connectivity index (χ3n) is 2.16. The Bertz CT molecular complexity index is 196. The topological polar surface area (TPSA) is 71.1 Å². The number of morpholine rings is 1. The van der Waals surface area contributed by atoms with Gasteiger partial charge in [0.05, 0.1) is 19.3 Å². The average molecular weight is 201 g/mol. The molecule has 0 spiro atoms. The van der Waals surface area contributed by atoms with E-state index in [0.717, 1.165) is 19.5 Å². The number of nitrogens with zero attached hydrogens (tertiary/aromatic N) is 2. The molecule has 14 heavy (non-hydrogen) atoms. The summed E-state index contributed by atoms with van der Waals surface area (Å²) in [5, 5.41) is 8.93. The van der Waals surface area contributed by atoms with E-state index >= 15 is 0 Å². The Hall–Kier alpha value is -0.810. The summed E-state index contributed by atoms with van der Waals surface area (Å²) >= 11 is 0. The summed E-state index contributed by atoms with van der Waals surface area (Å²) in [5.74, 6) is 0.564. The molecule has 3 N–H and O–H groups in total. The van der Waals surface area contributed by atoms with E-state index in [2.05, 4.69) is 11.9 Å². The van der Waals surface area contributed by atoms with E-state index in [9.17, 15) is 0 Å². The smallest absolute Gasteiger partial charge is 0.191 e. The molecular weight excluding hydrogens is 182 g/mol. The highest BCUT2D eigenvalue weighted by molar-refractivity contribution is 5.78. The van der Waals surface area contributed by atoms with E-state index in [-0.39, 0.29) is 12.7 Å². The maximum Gasteiger partial charge on any atom is 0.191 e. The monoisotopic (exact) mass is 201 g/mol. The number of nitrogens with two attached hydrogens (primary N) is 1. The molecule has 1 heterocycles. The van der Waals surface area contributed by atoms with Crippen LogP contribution in [0.2, 0.25) is 0 Å². The highest BCUT2D eigenvalue weighted by Crippen LogP contribution is 2.03. The van der Waals surface area contributed by atoms with Crippen molar-refractivity contribution in [2.24, 2.45) is 10.7 Å². The van der Waals surface area contributed by atoms with Crippen molar-refractivity contribution < 1.29 is 9.84 Å². The minimum Gasteiger partial charge on any atom is -0.394 e. The number of aliphatic hydroxyl groups is 1. The second-order valence-electron chi connectivity index (χ2n) is 3.36. The van der Waals surface area contributed by atoms with Crippen molar-refractivity contribution in [2.45, 2.75) is 19.4 Å². The van der Waals surface area contributed by atoms with Crippen molar-refractivity contribution in [2.75, 3.05) is 32.8 Å². The summed E-state index contributed by atoms with van der Waals surface area (Å²) in [4.78, 5) is 6.18. The predicted molar refractivity (Wildman–Crippen MR) is 55.2 cm³/mol. The molecule has 0 aromatic rings. The number of hydrogen-bond acceptors (Lipinski definition) is 3. The van der Waals surface area contributed by atoms with Gasteiger partial charge in [0.15, 0.2) is 5.96 Å². The average Bonchev–Trinajstić information content (AvgIpc) is 2.26. The summed E-state index contributed by atoms with van der Waals surface area (Å²) < 4.78 is 5.31.